The molecule has 0 bridgehead atoms. The van der Waals surface area contributed by atoms with Crippen LogP contribution >= 0.6 is 11.6 Å². The van der Waals surface area contributed by atoms with Crippen LogP contribution in [-0.4, -0.2) is 4.98 Å². The Morgan fingerprint density at radius 3 is 2.50 bits per heavy atom. The summed E-state index contributed by atoms with van der Waals surface area (Å²) >= 11 is 5.88. The van der Waals surface area contributed by atoms with E-state index >= 15 is 0 Å². The smallest absolute Gasteiger partial charge is 0.364 e. The molecule has 1 heterocycles. The molecule has 2 rings (SSSR count). The highest BCUT2D eigenvalue weighted by atomic mass is 35.5. The fourth-order valence-electron chi connectivity index (χ4n) is 1.75. The maximum absolute atomic E-state index is 12.6. The van der Waals surface area contributed by atoms with Gasteiger partial charge in [-0.25, -0.2) is 4.98 Å². The molecule has 1 N–H and O–H groups in total. The van der Waals surface area contributed by atoms with E-state index < -0.39 is 11.9 Å². The summed E-state index contributed by atoms with van der Waals surface area (Å²) in [7, 11) is 0. The van der Waals surface area contributed by atoms with Crippen LogP contribution in [-0.2, 0) is 6.18 Å². The molecule has 106 valence electrons. The maximum atomic E-state index is 12.6. The van der Waals surface area contributed by atoms with Crippen LogP contribution in [0.5, 0.6) is 0 Å². The number of hydrogen-bond donors (Lipinski definition) is 1. The molecule has 0 amide bonds. The van der Waals surface area contributed by atoms with Gasteiger partial charge in [0.2, 0.25) is 0 Å². The summed E-state index contributed by atoms with van der Waals surface area (Å²) in [6.45, 7) is 1.83. The predicted molar refractivity (Wildman–Crippen MR) is 72.7 cm³/mol. The molecule has 2 aromatic rings. The van der Waals surface area contributed by atoms with E-state index in [-0.39, 0.29) is 11.9 Å². The van der Waals surface area contributed by atoms with Crippen LogP contribution in [0.4, 0.5) is 19.0 Å². The van der Waals surface area contributed by atoms with Crippen molar-refractivity contribution in [1.82, 2.24) is 4.98 Å². The van der Waals surface area contributed by atoms with Gasteiger partial charge in [-0.15, -0.1) is 0 Å². The van der Waals surface area contributed by atoms with Crippen molar-refractivity contribution < 1.29 is 13.2 Å². The Kier molecular flexibility index (Phi) is 4.18. The molecule has 0 spiro atoms. The summed E-state index contributed by atoms with van der Waals surface area (Å²) in [4.78, 5) is 3.56. The van der Waals surface area contributed by atoms with E-state index in [1.807, 2.05) is 13.0 Å². The van der Waals surface area contributed by atoms with Gasteiger partial charge >= 0.3 is 6.18 Å². The summed E-state index contributed by atoms with van der Waals surface area (Å²) in [5.74, 6) is 0.173. The lowest BCUT2D eigenvalue weighted by atomic mass is 10.1. The highest BCUT2D eigenvalue weighted by Gasteiger charge is 2.32. The van der Waals surface area contributed by atoms with Crippen LogP contribution in [0.15, 0.2) is 42.5 Å². The van der Waals surface area contributed by atoms with Crippen molar-refractivity contribution in [3.8, 4) is 0 Å². The van der Waals surface area contributed by atoms with Crippen LogP contribution < -0.4 is 5.32 Å². The largest absolute Gasteiger partial charge is 0.433 e. The molecule has 0 aliphatic rings. The second-order valence-corrected chi connectivity index (χ2v) is 4.76. The van der Waals surface area contributed by atoms with Gasteiger partial charge in [-0.1, -0.05) is 29.8 Å². The number of hydrogen-bond acceptors (Lipinski definition) is 2. The minimum atomic E-state index is -4.45. The first kappa shape index (κ1) is 14.7. The van der Waals surface area contributed by atoms with Crippen molar-refractivity contribution in [3.63, 3.8) is 0 Å². The average molecular weight is 301 g/mol. The molecule has 0 aliphatic heterocycles. The molecule has 0 saturated carbocycles. The molecular formula is C14H12ClF3N2. The van der Waals surface area contributed by atoms with Gasteiger partial charge in [-0.2, -0.15) is 13.2 Å². The van der Waals surface area contributed by atoms with Gasteiger partial charge in [0.15, 0.2) is 0 Å². The van der Waals surface area contributed by atoms with Crippen molar-refractivity contribution in [2.45, 2.75) is 19.1 Å². The second-order valence-electron chi connectivity index (χ2n) is 4.33. The highest BCUT2D eigenvalue weighted by molar-refractivity contribution is 6.30. The number of anilines is 1. The Hall–Kier alpha value is -1.75. The van der Waals surface area contributed by atoms with E-state index in [1.54, 1.807) is 18.2 Å². The van der Waals surface area contributed by atoms with Crippen LogP contribution in [0.1, 0.15) is 24.2 Å². The molecule has 6 heteroatoms. The molecule has 1 aromatic carbocycles. The first-order valence-corrected chi connectivity index (χ1v) is 6.30. The van der Waals surface area contributed by atoms with E-state index in [0.717, 1.165) is 11.6 Å². The number of nitrogens with one attached hydrogen (secondary N) is 1. The highest BCUT2D eigenvalue weighted by Crippen LogP contribution is 2.29. The van der Waals surface area contributed by atoms with Crippen LogP contribution in [0, 0.1) is 0 Å². The van der Waals surface area contributed by atoms with Gasteiger partial charge in [0.25, 0.3) is 0 Å². The first-order chi connectivity index (χ1) is 9.36. The van der Waals surface area contributed by atoms with Crippen molar-refractivity contribution in [2.75, 3.05) is 5.32 Å². The van der Waals surface area contributed by atoms with Crippen molar-refractivity contribution in [2.24, 2.45) is 0 Å². The van der Waals surface area contributed by atoms with Crippen molar-refractivity contribution in [3.05, 3.63) is 58.7 Å². The lowest BCUT2D eigenvalue weighted by molar-refractivity contribution is -0.141. The van der Waals surface area contributed by atoms with E-state index in [4.69, 9.17) is 11.6 Å². The first-order valence-electron chi connectivity index (χ1n) is 5.92. The van der Waals surface area contributed by atoms with Gasteiger partial charge in [0.05, 0.1) is 0 Å². The zero-order chi connectivity index (χ0) is 14.8. The van der Waals surface area contributed by atoms with Crippen LogP contribution in [0.2, 0.25) is 5.02 Å². The monoisotopic (exact) mass is 300 g/mol. The SMILES string of the molecule is CC(Nc1cccc(C(F)(F)F)n1)c1cccc(Cl)c1. The summed E-state index contributed by atoms with van der Waals surface area (Å²) in [5.41, 5.74) is -0.0440. The number of rotatable bonds is 3. The molecule has 2 nitrogen and oxygen atoms in total. The summed E-state index contributed by atoms with van der Waals surface area (Å²) in [5, 5.41) is 3.51. The van der Waals surface area contributed by atoms with E-state index in [0.29, 0.717) is 5.02 Å². The Balaban J connectivity index is 2.18. The normalized spacial score (nSPS) is 13.1. The Morgan fingerprint density at radius 1 is 1.15 bits per heavy atom. The van der Waals surface area contributed by atoms with Crippen molar-refractivity contribution in [1.29, 1.82) is 0 Å². The number of halogens is 4. The Bertz CT molecular complexity index is 599. The number of nitrogens with zero attached hydrogens (tertiary/aromatic N) is 1. The van der Waals surface area contributed by atoms with Gasteiger partial charge in [0.1, 0.15) is 11.5 Å². The third-order valence-electron chi connectivity index (χ3n) is 2.75. The van der Waals surface area contributed by atoms with Gasteiger partial charge in [-0.05, 0) is 36.8 Å². The fourth-order valence-corrected chi connectivity index (χ4v) is 1.95. The second kappa shape index (κ2) is 5.71. The third kappa shape index (κ3) is 3.63. The molecule has 0 aliphatic carbocycles. The third-order valence-corrected chi connectivity index (χ3v) is 2.99. The van der Waals surface area contributed by atoms with E-state index in [2.05, 4.69) is 10.3 Å². The number of alkyl halides is 3. The lowest BCUT2D eigenvalue weighted by Crippen LogP contribution is -2.12. The van der Waals surface area contributed by atoms with Crippen LogP contribution in [0.25, 0.3) is 0 Å². The topological polar surface area (TPSA) is 24.9 Å². The van der Waals surface area contributed by atoms with E-state index in [1.165, 1.54) is 12.1 Å². The fraction of sp³-hybridized carbons (Fsp3) is 0.214. The zero-order valence-electron chi connectivity index (χ0n) is 10.6. The molecule has 1 unspecified atom stereocenters. The average Bonchev–Trinajstić information content (AvgIpc) is 2.38. The zero-order valence-corrected chi connectivity index (χ0v) is 11.3. The standard InChI is InChI=1S/C14H12ClF3N2/c1-9(10-4-2-5-11(15)8-10)19-13-7-3-6-12(20-13)14(16,17)18/h2-9H,1H3,(H,19,20). The van der Waals surface area contributed by atoms with Gasteiger partial charge in [0, 0.05) is 11.1 Å². The maximum Gasteiger partial charge on any atom is 0.433 e. The minimum Gasteiger partial charge on any atom is -0.364 e. The Morgan fingerprint density at radius 2 is 1.85 bits per heavy atom. The number of pyridine rings is 1. The Labute approximate surface area is 119 Å². The lowest BCUT2D eigenvalue weighted by Gasteiger charge is -2.16. The summed E-state index contributed by atoms with van der Waals surface area (Å²) in [6, 6.07) is 10.7. The molecule has 20 heavy (non-hydrogen) atoms. The quantitative estimate of drug-likeness (QED) is 0.869. The minimum absolute atomic E-state index is 0.173. The summed E-state index contributed by atoms with van der Waals surface area (Å²) in [6.07, 6.45) is -4.45. The molecule has 1 atom stereocenters. The number of aromatic nitrogens is 1. The van der Waals surface area contributed by atoms with Crippen LogP contribution in [0.3, 0.4) is 0 Å². The molecule has 1 aromatic heterocycles. The molecule has 0 saturated heterocycles. The van der Waals surface area contributed by atoms with Crippen molar-refractivity contribution >= 4 is 17.4 Å². The molecule has 0 radical (unpaired) electrons. The van der Waals surface area contributed by atoms with Gasteiger partial charge in [-0.3, -0.25) is 0 Å². The van der Waals surface area contributed by atoms with E-state index in [9.17, 15) is 13.2 Å². The molecule has 0 fully saturated rings. The number of benzene rings is 1. The summed E-state index contributed by atoms with van der Waals surface area (Å²) < 4.78 is 37.7. The molecular weight excluding hydrogens is 289 g/mol. The predicted octanol–water partition coefficient (Wildman–Crippen LogP) is 4.93. The van der Waals surface area contributed by atoms with Gasteiger partial charge < -0.3 is 5.32 Å².